The molecule has 3 heterocycles. The van der Waals surface area contributed by atoms with Crippen LogP contribution < -0.4 is 0 Å². The zero-order valence-corrected chi connectivity index (χ0v) is 17.7. The van der Waals surface area contributed by atoms with Gasteiger partial charge in [0.25, 0.3) is 0 Å². The quantitative estimate of drug-likeness (QED) is 0.378. The Labute approximate surface area is 182 Å². The zero-order valence-electron chi connectivity index (χ0n) is 16.9. The third-order valence-corrected chi connectivity index (χ3v) is 7.05. The molecule has 0 saturated heterocycles. The van der Waals surface area contributed by atoms with Gasteiger partial charge in [0.05, 0.1) is 11.3 Å². The van der Waals surface area contributed by atoms with Gasteiger partial charge in [-0.1, -0.05) is 30.3 Å². The van der Waals surface area contributed by atoms with Crippen molar-refractivity contribution in [2.24, 2.45) is 0 Å². The first-order valence-electron chi connectivity index (χ1n) is 10.1. The minimum atomic E-state index is -4.34. The molecular weight excluding hydrogens is 419 g/mol. The number of hydrogen-bond acceptors (Lipinski definition) is 4. The van der Waals surface area contributed by atoms with Gasteiger partial charge in [0.1, 0.15) is 0 Å². The lowest BCUT2D eigenvalue weighted by atomic mass is 10.1. The number of aryl methyl sites for hydroxylation is 1. The van der Waals surface area contributed by atoms with Crippen LogP contribution in [0.25, 0.3) is 21.5 Å². The van der Waals surface area contributed by atoms with E-state index in [2.05, 4.69) is 46.1 Å². The highest BCUT2D eigenvalue weighted by Gasteiger charge is 2.30. The van der Waals surface area contributed by atoms with Crippen LogP contribution in [0.15, 0.2) is 54.7 Å². The summed E-state index contributed by atoms with van der Waals surface area (Å²) in [6.45, 7) is 4.75. The predicted octanol–water partition coefficient (Wildman–Crippen LogP) is 6.24. The van der Waals surface area contributed by atoms with E-state index in [-0.39, 0.29) is 0 Å². The number of fused-ring (bicyclic) bond motifs is 2. The third kappa shape index (κ3) is 3.95. The van der Waals surface area contributed by atoms with Gasteiger partial charge in [-0.05, 0) is 36.1 Å². The number of aromatic nitrogens is 2. The Morgan fingerprint density at radius 3 is 2.58 bits per heavy atom. The number of hydrogen-bond donors (Lipinski definition) is 0. The first-order chi connectivity index (χ1) is 14.9. The fourth-order valence-corrected chi connectivity index (χ4v) is 5.29. The van der Waals surface area contributed by atoms with Gasteiger partial charge in [0.2, 0.25) is 0 Å². The lowest BCUT2D eigenvalue weighted by molar-refractivity contribution is -0.137. The fourth-order valence-electron chi connectivity index (χ4n) is 4.04. The third-order valence-electron chi connectivity index (χ3n) is 5.79. The van der Waals surface area contributed by atoms with Crippen LogP contribution in [-0.2, 0) is 25.7 Å². The molecule has 1 aliphatic heterocycles. The molecule has 31 heavy (non-hydrogen) atoms. The number of thiophene rings is 1. The second-order valence-electron chi connectivity index (χ2n) is 7.85. The van der Waals surface area contributed by atoms with E-state index in [4.69, 9.17) is 0 Å². The summed E-state index contributed by atoms with van der Waals surface area (Å²) in [4.78, 5) is 12.9. The topological polar surface area (TPSA) is 29.0 Å². The minimum absolute atomic E-state index is 0.473. The maximum absolute atomic E-state index is 12.8. The van der Waals surface area contributed by atoms with Gasteiger partial charge in [-0.3, -0.25) is 4.90 Å². The molecule has 4 aromatic rings. The predicted molar refractivity (Wildman–Crippen MR) is 117 cm³/mol. The van der Waals surface area contributed by atoms with Crippen LogP contribution in [0.3, 0.4) is 0 Å². The van der Waals surface area contributed by atoms with Crippen molar-refractivity contribution in [1.82, 2.24) is 14.9 Å². The SMILES string of the molecule is Cc1c(CN2CCc3nc(-c4ccc(C(F)(F)F)cc4)ncc3C2)sc2ccccc12. The Balaban J connectivity index is 1.33. The molecule has 0 atom stereocenters. The second-order valence-corrected chi connectivity index (χ2v) is 8.98. The van der Waals surface area contributed by atoms with Crippen molar-refractivity contribution < 1.29 is 13.2 Å². The van der Waals surface area contributed by atoms with Crippen molar-refractivity contribution >= 4 is 21.4 Å². The van der Waals surface area contributed by atoms with E-state index in [1.54, 1.807) is 0 Å². The van der Waals surface area contributed by atoms with Crippen molar-refractivity contribution in [3.8, 4) is 11.4 Å². The molecule has 0 spiro atoms. The Morgan fingerprint density at radius 2 is 1.84 bits per heavy atom. The summed E-state index contributed by atoms with van der Waals surface area (Å²) in [6.07, 6.45) is -1.72. The molecule has 2 aromatic heterocycles. The van der Waals surface area contributed by atoms with Crippen LogP contribution in [0.2, 0.25) is 0 Å². The molecule has 0 amide bonds. The van der Waals surface area contributed by atoms with Crippen molar-refractivity contribution in [2.45, 2.75) is 32.6 Å². The summed E-state index contributed by atoms with van der Waals surface area (Å²) in [5.41, 5.74) is 3.34. The number of nitrogens with zero attached hydrogens (tertiary/aromatic N) is 3. The monoisotopic (exact) mass is 439 g/mol. The number of halogens is 3. The summed E-state index contributed by atoms with van der Waals surface area (Å²) < 4.78 is 39.7. The van der Waals surface area contributed by atoms with Gasteiger partial charge in [-0.15, -0.1) is 11.3 Å². The fraction of sp³-hybridized carbons (Fsp3) is 0.250. The Hall–Kier alpha value is -2.77. The Morgan fingerprint density at radius 1 is 1.06 bits per heavy atom. The largest absolute Gasteiger partial charge is 0.416 e. The van der Waals surface area contributed by atoms with Gasteiger partial charge in [-0.2, -0.15) is 13.2 Å². The minimum Gasteiger partial charge on any atom is -0.293 e. The van der Waals surface area contributed by atoms with Crippen molar-refractivity contribution in [3.63, 3.8) is 0 Å². The van der Waals surface area contributed by atoms with Gasteiger partial charge in [0, 0.05) is 53.0 Å². The van der Waals surface area contributed by atoms with Crippen molar-refractivity contribution in [2.75, 3.05) is 6.54 Å². The van der Waals surface area contributed by atoms with E-state index >= 15 is 0 Å². The molecular formula is C24H20F3N3S. The summed E-state index contributed by atoms with van der Waals surface area (Å²) in [7, 11) is 0. The molecule has 0 bridgehead atoms. The van der Waals surface area contributed by atoms with Crippen LogP contribution in [0.4, 0.5) is 13.2 Å². The van der Waals surface area contributed by atoms with E-state index in [0.717, 1.165) is 49.4 Å². The van der Waals surface area contributed by atoms with E-state index in [9.17, 15) is 13.2 Å². The maximum atomic E-state index is 12.8. The molecule has 0 unspecified atom stereocenters. The number of benzene rings is 2. The molecule has 0 saturated carbocycles. The average molecular weight is 440 g/mol. The molecule has 1 aliphatic rings. The first kappa shape index (κ1) is 20.2. The van der Waals surface area contributed by atoms with Crippen LogP contribution in [0.5, 0.6) is 0 Å². The lowest BCUT2D eigenvalue weighted by Crippen LogP contribution is -2.30. The normalized spacial score (nSPS) is 14.7. The van der Waals surface area contributed by atoms with E-state index in [1.807, 2.05) is 17.5 Å². The zero-order chi connectivity index (χ0) is 21.6. The maximum Gasteiger partial charge on any atom is 0.416 e. The standard InChI is InChI=1S/C24H20F3N3S/c1-15-19-4-2-3-5-21(19)31-22(15)14-30-11-10-20-17(13-30)12-28-23(29-20)16-6-8-18(9-7-16)24(25,26)27/h2-9,12H,10-11,13-14H2,1H3. The van der Waals surface area contributed by atoms with Crippen LogP contribution >= 0.6 is 11.3 Å². The number of rotatable bonds is 3. The molecule has 0 aliphatic carbocycles. The van der Waals surface area contributed by atoms with Crippen LogP contribution in [-0.4, -0.2) is 21.4 Å². The highest BCUT2D eigenvalue weighted by molar-refractivity contribution is 7.19. The molecule has 0 N–H and O–H groups in total. The van der Waals surface area contributed by atoms with E-state index < -0.39 is 11.7 Å². The average Bonchev–Trinajstić information content (AvgIpc) is 3.08. The summed E-state index contributed by atoms with van der Waals surface area (Å²) >= 11 is 1.85. The summed E-state index contributed by atoms with van der Waals surface area (Å²) in [5.74, 6) is 0.473. The molecule has 2 aromatic carbocycles. The number of alkyl halides is 3. The molecule has 158 valence electrons. The highest BCUT2D eigenvalue weighted by atomic mass is 32.1. The Bertz CT molecular complexity index is 1250. The smallest absolute Gasteiger partial charge is 0.293 e. The molecule has 3 nitrogen and oxygen atoms in total. The lowest BCUT2D eigenvalue weighted by Gasteiger charge is -2.27. The van der Waals surface area contributed by atoms with E-state index in [0.29, 0.717) is 11.4 Å². The van der Waals surface area contributed by atoms with Gasteiger partial charge >= 0.3 is 6.18 Å². The highest BCUT2D eigenvalue weighted by Crippen LogP contribution is 2.33. The van der Waals surface area contributed by atoms with Gasteiger partial charge < -0.3 is 0 Å². The molecule has 0 fully saturated rings. The van der Waals surface area contributed by atoms with Crippen LogP contribution in [0, 0.1) is 6.92 Å². The molecule has 0 radical (unpaired) electrons. The molecule has 5 rings (SSSR count). The van der Waals surface area contributed by atoms with Gasteiger partial charge in [-0.25, -0.2) is 9.97 Å². The summed E-state index contributed by atoms with van der Waals surface area (Å²) in [6, 6.07) is 13.5. The first-order valence-corrected chi connectivity index (χ1v) is 10.9. The second kappa shape index (κ2) is 7.73. The van der Waals surface area contributed by atoms with E-state index in [1.165, 1.54) is 32.7 Å². The molecule has 7 heteroatoms. The van der Waals surface area contributed by atoms with Crippen molar-refractivity contribution in [3.05, 3.63) is 82.0 Å². The summed E-state index contributed by atoms with van der Waals surface area (Å²) in [5, 5.41) is 1.32. The Kier molecular flexibility index (Phi) is 5.02. The van der Waals surface area contributed by atoms with Gasteiger partial charge in [0.15, 0.2) is 5.82 Å². The van der Waals surface area contributed by atoms with Crippen molar-refractivity contribution in [1.29, 1.82) is 0 Å². The van der Waals surface area contributed by atoms with Crippen LogP contribution in [0.1, 0.15) is 27.3 Å².